The number of hydrogen-bond donors (Lipinski definition) is 2. The van der Waals surface area contributed by atoms with E-state index in [-0.39, 0.29) is 0 Å². The Balaban J connectivity index is 1.80. The largest absolute Gasteiger partial charge is 0.376 e. The van der Waals surface area contributed by atoms with Crippen molar-refractivity contribution >= 4 is 11.8 Å². The molecule has 18 heavy (non-hydrogen) atoms. The molecule has 2 heterocycles. The normalized spacial score (nSPS) is 19.5. The average Bonchev–Trinajstić information content (AvgIpc) is 2.44. The molecule has 0 radical (unpaired) electrons. The van der Waals surface area contributed by atoms with Crippen LogP contribution in [0.2, 0.25) is 0 Å². The fraction of sp³-hybridized carbons (Fsp3) is 0.692. The van der Waals surface area contributed by atoms with E-state index in [0.717, 1.165) is 38.4 Å². The maximum Gasteiger partial charge on any atom is 0.224 e. The number of aromatic nitrogens is 2. The molecule has 5 heteroatoms. The molecule has 1 atom stereocenters. The Labute approximate surface area is 108 Å². The van der Waals surface area contributed by atoms with E-state index in [1.807, 2.05) is 6.07 Å². The lowest BCUT2D eigenvalue weighted by Gasteiger charge is -2.22. The van der Waals surface area contributed by atoms with Gasteiger partial charge in [0.05, 0.1) is 6.10 Å². The van der Waals surface area contributed by atoms with E-state index >= 15 is 0 Å². The minimum absolute atomic E-state index is 0.320. The molecule has 1 saturated heterocycles. The highest BCUT2D eigenvalue weighted by molar-refractivity contribution is 5.39. The number of nitrogens with one attached hydrogen (secondary N) is 2. The van der Waals surface area contributed by atoms with Gasteiger partial charge < -0.3 is 15.4 Å². The maximum atomic E-state index is 5.67. The van der Waals surface area contributed by atoms with Crippen LogP contribution in [0.25, 0.3) is 0 Å². The molecule has 0 aromatic carbocycles. The molecule has 5 nitrogen and oxygen atoms in total. The first-order valence-electron chi connectivity index (χ1n) is 6.81. The van der Waals surface area contributed by atoms with Gasteiger partial charge in [-0.2, -0.15) is 4.98 Å². The van der Waals surface area contributed by atoms with Crippen molar-refractivity contribution in [1.29, 1.82) is 0 Å². The van der Waals surface area contributed by atoms with Crippen LogP contribution in [0.5, 0.6) is 0 Å². The third-order valence-corrected chi connectivity index (χ3v) is 2.97. The number of anilines is 2. The molecule has 2 N–H and O–H groups in total. The molecule has 0 bridgehead atoms. The van der Waals surface area contributed by atoms with Crippen molar-refractivity contribution in [1.82, 2.24) is 9.97 Å². The Morgan fingerprint density at radius 3 is 3.11 bits per heavy atom. The second kappa shape index (κ2) is 7.16. The zero-order chi connectivity index (χ0) is 12.6. The first kappa shape index (κ1) is 13.1. The summed E-state index contributed by atoms with van der Waals surface area (Å²) in [5.74, 6) is 1.55. The topological polar surface area (TPSA) is 59.1 Å². The Morgan fingerprint density at radius 1 is 1.39 bits per heavy atom. The minimum atomic E-state index is 0.320. The van der Waals surface area contributed by atoms with Crippen LogP contribution in [0, 0.1) is 0 Å². The van der Waals surface area contributed by atoms with Crippen molar-refractivity contribution < 1.29 is 4.74 Å². The van der Waals surface area contributed by atoms with Crippen LogP contribution in [0.1, 0.15) is 32.6 Å². The van der Waals surface area contributed by atoms with Gasteiger partial charge in [0.15, 0.2) is 0 Å². The van der Waals surface area contributed by atoms with Gasteiger partial charge in [0, 0.05) is 25.9 Å². The van der Waals surface area contributed by atoms with Crippen molar-refractivity contribution in [3.8, 4) is 0 Å². The summed E-state index contributed by atoms with van der Waals surface area (Å²) in [6.07, 6.45) is 6.75. The molecule has 1 fully saturated rings. The molecule has 1 aliphatic rings. The molecule has 0 amide bonds. The van der Waals surface area contributed by atoms with Crippen LogP contribution in [0.4, 0.5) is 11.8 Å². The van der Waals surface area contributed by atoms with Crippen molar-refractivity contribution in [2.24, 2.45) is 0 Å². The molecule has 1 aromatic heterocycles. The van der Waals surface area contributed by atoms with Gasteiger partial charge in [-0.1, -0.05) is 6.92 Å². The summed E-state index contributed by atoms with van der Waals surface area (Å²) in [5.41, 5.74) is 0. The van der Waals surface area contributed by atoms with E-state index in [0.29, 0.717) is 12.1 Å². The van der Waals surface area contributed by atoms with Crippen LogP contribution in [-0.4, -0.2) is 35.8 Å². The lowest BCUT2D eigenvalue weighted by Crippen LogP contribution is -2.27. The maximum absolute atomic E-state index is 5.67. The zero-order valence-electron chi connectivity index (χ0n) is 11.0. The monoisotopic (exact) mass is 250 g/mol. The molecule has 100 valence electrons. The Kier molecular flexibility index (Phi) is 5.20. The summed E-state index contributed by atoms with van der Waals surface area (Å²) in [6, 6.07) is 1.89. The van der Waals surface area contributed by atoms with Gasteiger partial charge in [-0.05, 0) is 31.7 Å². The quantitative estimate of drug-likeness (QED) is 0.811. The molecular formula is C13H22N4O. The summed E-state index contributed by atoms with van der Waals surface area (Å²) in [4.78, 5) is 8.58. The minimum Gasteiger partial charge on any atom is -0.376 e. The standard InChI is InChI=1S/C13H22N4O/c1-2-7-14-13-15-8-6-12(17-13)16-10-11-5-3-4-9-18-11/h6,8,11H,2-5,7,9-10H2,1H3,(H2,14,15,16,17). The highest BCUT2D eigenvalue weighted by Gasteiger charge is 2.13. The number of rotatable bonds is 6. The van der Waals surface area contributed by atoms with Crippen LogP contribution in [-0.2, 0) is 4.74 Å². The molecule has 2 rings (SSSR count). The summed E-state index contributed by atoms with van der Waals surface area (Å²) in [7, 11) is 0. The predicted octanol–water partition coefficient (Wildman–Crippen LogP) is 2.28. The molecule has 1 aromatic rings. The Bertz CT molecular complexity index is 353. The third kappa shape index (κ3) is 4.14. The van der Waals surface area contributed by atoms with Crippen LogP contribution in [0.3, 0.4) is 0 Å². The van der Waals surface area contributed by atoms with Gasteiger partial charge in [0.25, 0.3) is 0 Å². The van der Waals surface area contributed by atoms with E-state index in [1.165, 1.54) is 12.8 Å². The van der Waals surface area contributed by atoms with Gasteiger partial charge in [0.1, 0.15) is 5.82 Å². The van der Waals surface area contributed by atoms with Crippen LogP contribution < -0.4 is 10.6 Å². The van der Waals surface area contributed by atoms with Gasteiger partial charge in [-0.25, -0.2) is 4.98 Å². The second-order valence-corrected chi connectivity index (χ2v) is 4.56. The molecular weight excluding hydrogens is 228 g/mol. The Hall–Kier alpha value is -1.36. The zero-order valence-corrected chi connectivity index (χ0v) is 11.0. The summed E-state index contributed by atoms with van der Waals surface area (Å²) >= 11 is 0. The smallest absolute Gasteiger partial charge is 0.224 e. The fourth-order valence-electron chi connectivity index (χ4n) is 1.97. The summed E-state index contributed by atoms with van der Waals surface area (Å²) in [6.45, 7) is 4.73. The van der Waals surface area contributed by atoms with E-state index in [2.05, 4.69) is 27.5 Å². The van der Waals surface area contributed by atoms with Crippen molar-refractivity contribution in [3.63, 3.8) is 0 Å². The first-order chi connectivity index (χ1) is 8.88. The van der Waals surface area contributed by atoms with Crippen LogP contribution in [0.15, 0.2) is 12.3 Å². The van der Waals surface area contributed by atoms with Gasteiger partial charge >= 0.3 is 0 Å². The van der Waals surface area contributed by atoms with E-state index in [1.54, 1.807) is 6.20 Å². The molecule has 0 spiro atoms. The van der Waals surface area contributed by atoms with E-state index < -0.39 is 0 Å². The number of hydrogen-bond acceptors (Lipinski definition) is 5. The number of nitrogens with zero attached hydrogens (tertiary/aromatic N) is 2. The van der Waals surface area contributed by atoms with Crippen molar-refractivity contribution in [3.05, 3.63) is 12.3 Å². The fourth-order valence-corrected chi connectivity index (χ4v) is 1.97. The molecule has 1 unspecified atom stereocenters. The molecule has 0 saturated carbocycles. The molecule has 0 aliphatic carbocycles. The van der Waals surface area contributed by atoms with Gasteiger partial charge in [-0.15, -0.1) is 0 Å². The molecule has 1 aliphatic heterocycles. The average molecular weight is 250 g/mol. The van der Waals surface area contributed by atoms with E-state index in [4.69, 9.17) is 4.74 Å². The Morgan fingerprint density at radius 2 is 2.33 bits per heavy atom. The van der Waals surface area contributed by atoms with Gasteiger partial charge in [-0.3, -0.25) is 0 Å². The van der Waals surface area contributed by atoms with Crippen molar-refractivity contribution in [2.75, 3.05) is 30.3 Å². The lowest BCUT2D eigenvalue weighted by molar-refractivity contribution is 0.0247. The first-order valence-corrected chi connectivity index (χ1v) is 6.81. The van der Waals surface area contributed by atoms with Crippen LogP contribution >= 0.6 is 0 Å². The predicted molar refractivity (Wildman–Crippen MR) is 72.9 cm³/mol. The second-order valence-electron chi connectivity index (χ2n) is 4.56. The van der Waals surface area contributed by atoms with E-state index in [9.17, 15) is 0 Å². The highest BCUT2D eigenvalue weighted by Crippen LogP contribution is 2.13. The summed E-state index contributed by atoms with van der Waals surface area (Å²) < 4.78 is 5.67. The van der Waals surface area contributed by atoms with Crippen molar-refractivity contribution in [2.45, 2.75) is 38.7 Å². The third-order valence-electron chi connectivity index (χ3n) is 2.97. The highest BCUT2D eigenvalue weighted by atomic mass is 16.5. The SMILES string of the molecule is CCCNc1nccc(NCC2CCCCO2)n1. The lowest BCUT2D eigenvalue weighted by atomic mass is 10.1. The summed E-state index contributed by atoms with van der Waals surface area (Å²) in [5, 5.41) is 6.49. The van der Waals surface area contributed by atoms with Gasteiger partial charge in [0.2, 0.25) is 5.95 Å². The number of ether oxygens (including phenoxy) is 1.